The molecule has 0 saturated heterocycles. The van der Waals surface area contributed by atoms with Crippen LogP contribution in [0.4, 0.5) is 10.1 Å². The Kier molecular flexibility index (Phi) is 8.41. The summed E-state index contributed by atoms with van der Waals surface area (Å²) in [5.41, 5.74) is 1.17. The van der Waals surface area contributed by atoms with Gasteiger partial charge < -0.3 is 15.7 Å². The number of benzene rings is 2. The van der Waals surface area contributed by atoms with Crippen LogP contribution in [0.1, 0.15) is 28.5 Å². The molecule has 39 heavy (non-hydrogen) atoms. The number of amides is 2. The van der Waals surface area contributed by atoms with Gasteiger partial charge in [0, 0.05) is 36.5 Å². The van der Waals surface area contributed by atoms with E-state index in [1.165, 1.54) is 53.5 Å². The summed E-state index contributed by atoms with van der Waals surface area (Å²) in [6.07, 6.45) is 5.35. The summed E-state index contributed by atoms with van der Waals surface area (Å²) in [6.45, 7) is 2.53. The van der Waals surface area contributed by atoms with Crippen molar-refractivity contribution in [2.75, 3.05) is 5.32 Å². The molecular weight excluding hydrogens is 531 g/mol. The van der Waals surface area contributed by atoms with Crippen molar-refractivity contribution in [3.05, 3.63) is 88.7 Å². The van der Waals surface area contributed by atoms with Gasteiger partial charge in [0.15, 0.2) is 5.82 Å². The Hall–Kier alpha value is -4.91. The Bertz CT molecular complexity index is 1520. The van der Waals surface area contributed by atoms with Gasteiger partial charge in [0.05, 0.1) is 22.0 Å². The number of tetrazole rings is 1. The number of aromatic nitrogens is 6. The number of nitrogens with one attached hydrogen (secondary N) is 2. The minimum atomic E-state index is -1.10. The first-order valence-electron chi connectivity index (χ1n) is 11.6. The maximum atomic E-state index is 14.8. The van der Waals surface area contributed by atoms with E-state index < -0.39 is 29.6 Å². The molecule has 200 valence electrons. The highest BCUT2D eigenvalue weighted by Gasteiger charge is 2.22. The zero-order chi connectivity index (χ0) is 27.9. The molecule has 14 heteroatoms. The summed E-state index contributed by atoms with van der Waals surface area (Å²) in [5.74, 6) is -3.13. The number of hydrogen-bond acceptors (Lipinski definition) is 7. The summed E-state index contributed by atoms with van der Waals surface area (Å²) in [5, 5.41) is 29.4. The predicted octanol–water partition coefficient (Wildman–Crippen LogP) is 2.75. The number of carboxylic acid groups (broad SMARTS) is 1. The third-order valence-corrected chi connectivity index (χ3v) is 5.86. The lowest BCUT2D eigenvalue weighted by atomic mass is 10.1. The molecule has 4 rings (SSSR count). The molecular formula is C25H22ClFN8O4. The molecule has 0 unspecified atom stereocenters. The summed E-state index contributed by atoms with van der Waals surface area (Å²) < 4.78 is 17.7. The lowest BCUT2D eigenvalue weighted by molar-refractivity contribution is -0.123. The fourth-order valence-corrected chi connectivity index (χ4v) is 3.76. The van der Waals surface area contributed by atoms with Crippen LogP contribution in [0.25, 0.3) is 11.8 Å². The Balaban J connectivity index is 1.55. The molecule has 0 saturated carbocycles. The Labute approximate surface area is 226 Å². The van der Waals surface area contributed by atoms with Gasteiger partial charge in [-0.15, -0.1) is 5.10 Å². The van der Waals surface area contributed by atoms with Gasteiger partial charge in [0.25, 0.3) is 0 Å². The standard InChI is InChI=1S/C25H22ClFN8O4/c1-2-34-12-11-17(31-34)13-20(24(37)29-16-5-3-15(4-6-16)25(38)39)30-22(36)10-7-18-21(35-14-28-32-33-35)9-8-19(26)23(18)27/h3-12,14,20H,2,13H2,1H3,(H,29,37)(H,30,36)(H,38,39)/t20-/m0/s1. The zero-order valence-electron chi connectivity index (χ0n) is 20.5. The van der Waals surface area contributed by atoms with E-state index in [0.717, 1.165) is 6.08 Å². The van der Waals surface area contributed by atoms with Gasteiger partial charge >= 0.3 is 5.97 Å². The highest BCUT2D eigenvalue weighted by molar-refractivity contribution is 6.31. The van der Waals surface area contributed by atoms with Crippen molar-refractivity contribution in [1.29, 1.82) is 0 Å². The van der Waals surface area contributed by atoms with Crippen LogP contribution in [-0.2, 0) is 22.6 Å². The molecule has 4 aromatic rings. The van der Waals surface area contributed by atoms with Crippen LogP contribution >= 0.6 is 11.6 Å². The molecule has 0 aliphatic carbocycles. The number of halogens is 2. The van der Waals surface area contributed by atoms with E-state index in [1.807, 2.05) is 6.92 Å². The van der Waals surface area contributed by atoms with Crippen LogP contribution in [0.5, 0.6) is 0 Å². The molecule has 0 spiro atoms. The van der Waals surface area contributed by atoms with Gasteiger partial charge in [-0.05, 0) is 65.9 Å². The van der Waals surface area contributed by atoms with Crippen molar-refractivity contribution < 1.29 is 23.9 Å². The second kappa shape index (κ2) is 12.1. The largest absolute Gasteiger partial charge is 0.478 e. The maximum absolute atomic E-state index is 14.8. The SMILES string of the molecule is CCn1ccc(C[C@H](NC(=O)C=Cc2c(-n3cnnn3)ccc(Cl)c2F)C(=O)Nc2ccc(C(=O)O)cc2)n1. The monoisotopic (exact) mass is 552 g/mol. The molecule has 2 aromatic heterocycles. The van der Waals surface area contributed by atoms with Gasteiger partial charge in [-0.1, -0.05) is 11.6 Å². The Morgan fingerprint density at radius 1 is 1.15 bits per heavy atom. The second-order valence-corrected chi connectivity index (χ2v) is 8.59. The molecule has 0 aliphatic heterocycles. The van der Waals surface area contributed by atoms with E-state index in [1.54, 1.807) is 16.9 Å². The smallest absolute Gasteiger partial charge is 0.335 e. The van der Waals surface area contributed by atoms with E-state index in [4.69, 9.17) is 16.7 Å². The zero-order valence-corrected chi connectivity index (χ0v) is 21.2. The molecule has 0 radical (unpaired) electrons. The first-order chi connectivity index (χ1) is 18.7. The minimum Gasteiger partial charge on any atom is -0.478 e. The second-order valence-electron chi connectivity index (χ2n) is 8.18. The van der Waals surface area contributed by atoms with Crippen LogP contribution in [0, 0.1) is 5.82 Å². The Morgan fingerprint density at radius 2 is 1.92 bits per heavy atom. The lowest BCUT2D eigenvalue weighted by Crippen LogP contribution is -2.44. The first-order valence-corrected chi connectivity index (χ1v) is 12.0. The molecule has 0 fully saturated rings. The third-order valence-electron chi connectivity index (χ3n) is 5.57. The number of carbonyl (C=O) groups is 3. The van der Waals surface area contributed by atoms with Gasteiger partial charge in [-0.3, -0.25) is 14.3 Å². The molecule has 2 heterocycles. The predicted molar refractivity (Wildman–Crippen MR) is 139 cm³/mol. The number of hydrogen-bond donors (Lipinski definition) is 3. The number of aromatic carboxylic acids is 1. The van der Waals surface area contributed by atoms with Crippen molar-refractivity contribution in [3.63, 3.8) is 0 Å². The molecule has 2 aromatic carbocycles. The lowest BCUT2D eigenvalue weighted by Gasteiger charge is -2.17. The van der Waals surface area contributed by atoms with Crippen LogP contribution in [0.15, 0.2) is 61.1 Å². The van der Waals surface area contributed by atoms with E-state index >= 15 is 0 Å². The summed E-state index contributed by atoms with van der Waals surface area (Å²) in [6, 6.07) is 9.07. The van der Waals surface area contributed by atoms with Crippen molar-refractivity contribution in [2.24, 2.45) is 0 Å². The van der Waals surface area contributed by atoms with Gasteiger partial charge in [0.2, 0.25) is 11.8 Å². The highest BCUT2D eigenvalue weighted by atomic mass is 35.5. The van der Waals surface area contributed by atoms with Gasteiger partial charge in [0.1, 0.15) is 12.4 Å². The van der Waals surface area contributed by atoms with Crippen molar-refractivity contribution >= 4 is 41.1 Å². The van der Waals surface area contributed by atoms with E-state index in [-0.39, 0.29) is 28.3 Å². The van der Waals surface area contributed by atoms with Crippen LogP contribution < -0.4 is 10.6 Å². The average molecular weight is 553 g/mol. The normalized spacial score (nSPS) is 11.9. The fraction of sp³-hybridized carbons (Fsp3) is 0.160. The number of anilines is 1. The highest BCUT2D eigenvalue weighted by Crippen LogP contribution is 2.25. The molecule has 0 aliphatic rings. The molecule has 1 atom stereocenters. The topological polar surface area (TPSA) is 157 Å². The molecule has 0 bridgehead atoms. The van der Waals surface area contributed by atoms with Crippen LogP contribution in [0.3, 0.4) is 0 Å². The summed E-state index contributed by atoms with van der Waals surface area (Å²) >= 11 is 5.93. The molecule has 3 N–H and O–H groups in total. The van der Waals surface area contributed by atoms with Crippen molar-refractivity contribution in [1.82, 2.24) is 35.3 Å². The number of aryl methyl sites for hydroxylation is 1. The minimum absolute atomic E-state index is 0.0360. The van der Waals surface area contributed by atoms with Crippen molar-refractivity contribution in [2.45, 2.75) is 25.9 Å². The van der Waals surface area contributed by atoms with Crippen LogP contribution in [0.2, 0.25) is 5.02 Å². The maximum Gasteiger partial charge on any atom is 0.335 e. The van der Waals surface area contributed by atoms with Gasteiger partial charge in [-0.25, -0.2) is 9.18 Å². The quantitative estimate of drug-likeness (QED) is 0.253. The number of carbonyl (C=O) groups excluding carboxylic acids is 2. The van der Waals surface area contributed by atoms with E-state index in [9.17, 15) is 18.8 Å². The van der Waals surface area contributed by atoms with E-state index in [2.05, 4.69) is 31.3 Å². The third kappa shape index (κ3) is 6.70. The molecule has 2 amide bonds. The summed E-state index contributed by atoms with van der Waals surface area (Å²) in [4.78, 5) is 37.1. The fourth-order valence-electron chi connectivity index (χ4n) is 3.60. The molecule has 12 nitrogen and oxygen atoms in total. The Morgan fingerprint density at radius 3 is 2.56 bits per heavy atom. The van der Waals surface area contributed by atoms with Gasteiger partial charge in [-0.2, -0.15) is 9.78 Å². The van der Waals surface area contributed by atoms with E-state index in [0.29, 0.717) is 17.9 Å². The van der Waals surface area contributed by atoms with Crippen LogP contribution in [-0.4, -0.2) is 58.9 Å². The summed E-state index contributed by atoms with van der Waals surface area (Å²) in [7, 11) is 0. The number of rotatable bonds is 10. The number of nitrogens with zero attached hydrogens (tertiary/aromatic N) is 6. The van der Waals surface area contributed by atoms with Crippen molar-refractivity contribution in [3.8, 4) is 5.69 Å². The number of carboxylic acids is 1. The average Bonchev–Trinajstić information content (AvgIpc) is 3.62. The first kappa shape index (κ1) is 27.1.